The van der Waals surface area contributed by atoms with E-state index in [9.17, 15) is 28.3 Å². The SMILES string of the molecule is COc1cc(C=C(C#N)c2ccc(C(F)(F)F)[nH]c2=O)ccc1O. The molecule has 2 aromatic rings. The van der Waals surface area contributed by atoms with Crippen LogP contribution >= 0.6 is 0 Å². The molecule has 8 heteroatoms. The minimum atomic E-state index is -4.68. The molecule has 0 aliphatic rings. The van der Waals surface area contributed by atoms with Crippen LogP contribution in [0.5, 0.6) is 11.5 Å². The third-order valence-electron chi connectivity index (χ3n) is 3.14. The summed E-state index contributed by atoms with van der Waals surface area (Å²) in [6.45, 7) is 0. The number of rotatable bonds is 3. The third kappa shape index (κ3) is 3.57. The number of nitriles is 1. The highest BCUT2D eigenvalue weighted by atomic mass is 19.4. The van der Waals surface area contributed by atoms with Crippen molar-refractivity contribution in [3.05, 3.63) is 57.5 Å². The fourth-order valence-corrected chi connectivity index (χ4v) is 1.97. The molecule has 5 nitrogen and oxygen atoms in total. The number of H-pyrrole nitrogens is 1. The monoisotopic (exact) mass is 336 g/mol. The van der Waals surface area contributed by atoms with Gasteiger partial charge in [0.05, 0.1) is 24.3 Å². The van der Waals surface area contributed by atoms with Gasteiger partial charge in [0.1, 0.15) is 5.69 Å². The van der Waals surface area contributed by atoms with Gasteiger partial charge < -0.3 is 14.8 Å². The second-order valence-corrected chi connectivity index (χ2v) is 4.71. The molecule has 0 aliphatic heterocycles. The van der Waals surface area contributed by atoms with Gasteiger partial charge in [-0.3, -0.25) is 4.79 Å². The van der Waals surface area contributed by atoms with Crippen LogP contribution in [0.4, 0.5) is 13.2 Å². The zero-order valence-corrected chi connectivity index (χ0v) is 12.3. The van der Waals surface area contributed by atoms with Gasteiger partial charge in [0, 0.05) is 0 Å². The predicted molar refractivity (Wildman–Crippen MR) is 80.2 cm³/mol. The Morgan fingerprint density at radius 1 is 1.33 bits per heavy atom. The molecule has 0 amide bonds. The number of halogens is 3. The molecule has 0 bridgehead atoms. The predicted octanol–water partition coefficient (Wildman–Crippen LogP) is 3.17. The molecule has 0 atom stereocenters. The number of pyridine rings is 1. The van der Waals surface area contributed by atoms with Gasteiger partial charge in [-0.2, -0.15) is 18.4 Å². The Bertz CT molecular complexity index is 893. The van der Waals surface area contributed by atoms with Gasteiger partial charge in [0.2, 0.25) is 0 Å². The molecule has 124 valence electrons. The van der Waals surface area contributed by atoms with Crippen LogP contribution in [0.25, 0.3) is 11.6 Å². The highest BCUT2D eigenvalue weighted by molar-refractivity contribution is 5.89. The summed E-state index contributed by atoms with van der Waals surface area (Å²) in [7, 11) is 1.34. The van der Waals surface area contributed by atoms with E-state index in [1.165, 1.54) is 31.4 Å². The number of hydrogen-bond donors (Lipinski definition) is 2. The molecule has 0 saturated heterocycles. The van der Waals surface area contributed by atoms with E-state index in [1.54, 1.807) is 11.1 Å². The van der Waals surface area contributed by atoms with E-state index in [4.69, 9.17) is 4.74 Å². The van der Waals surface area contributed by atoms with Crippen LogP contribution in [-0.4, -0.2) is 17.2 Å². The van der Waals surface area contributed by atoms with Gasteiger partial charge >= 0.3 is 6.18 Å². The highest BCUT2D eigenvalue weighted by Crippen LogP contribution is 2.29. The highest BCUT2D eigenvalue weighted by Gasteiger charge is 2.32. The number of ether oxygens (including phenoxy) is 1. The van der Waals surface area contributed by atoms with Gasteiger partial charge in [-0.05, 0) is 35.9 Å². The van der Waals surface area contributed by atoms with Crippen LogP contribution in [0.15, 0.2) is 35.1 Å². The molecule has 2 rings (SSSR count). The lowest BCUT2D eigenvalue weighted by molar-refractivity contribution is -0.141. The molecule has 0 spiro atoms. The molecule has 1 aromatic carbocycles. The Hall–Kier alpha value is -3.21. The number of aromatic nitrogens is 1. The minimum absolute atomic E-state index is 0.111. The first-order chi connectivity index (χ1) is 11.3. The first-order valence-corrected chi connectivity index (χ1v) is 6.56. The average molecular weight is 336 g/mol. The summed E-state index contributed by atoms with van der Waals surface area (Å²) in [6, 6.07) is 7.62. The van der Waals surface area contributed by atoms with E-state index >= 15 is 0 Å². The number of phenols is 1. The standard InChI is InChI=1S/C16H11F3N2O3/c1-24-13-7-9(2-4-12(13)22)6-10(8-20)11-3-5-14(16(17,18)19)21-15(11)23/h2-7,22H,1H3,(H,21,23). The number of aromatic hydroxyl groups is 1. The summed E-state index contributed by atoms with van der Waals surface area (Å²) in [5.41, 5.74) is -2.11. The van der Waals surface area contributed by atoms with Crippen molar-refractivity contribution < 1.29 is 23.0 Å². The van der Waals surface area contributed by atoms with Crippen LogP contribution < -0.4 is 10.3 Å². The average Bonchev–Trinajstić information content (AvgIpc) is 2.53. The van der Waals surface area contributed by atoms with Gasteiger partial charge in [-0.25, -0.2) is 0 Å². The summed E-state index contributed by atoms with van der Waals surface area (Å²) in [6.07, 6.45) is -3.38. The fourth-order valence-electron chi connectivity index (χ4n) is 1.97. The quantitative estimate of drug-likeness (QED) is 0.843. The second kappa shape index (κ2) is 6.50. The summed E-state index contributed by atoms with van der Waals surface area (Å²) in [5, 5.41) is 18.7. The van der Waals surface area contributed by atoms with Crippen LogP contribution in [0.1, 0.15) is 16.8 Å². The number of phenolic OH excluding ortho intramolecular Hbond substituents is 1. The van der Waals surface area contributed by atoms with Crippen molar-refractivity contribution in [2.24, 2.45) is 0 Å². The molecule has 0 radical (unpaired) electrons. The van der Waals surface area contributed by atoms with E-state index < -0.39 is 17.4 Å². The van der Waals surface area contributed by atoms with E-state index in [2.05, 4.69) is 0 Å². The number of alkyl halides is 3. The first kappa shape index (κ1) is 17.1. The lowest BCUT2D eigenvalue weighted by atomic mass is 10.0. The van der Waals surface area contributed by atoms with Crippen molar-refractivity contribution in [2.45, 2.75) is 6.18 Å². The Kier molecular flexibility index (Phi) is 4.64. The molecule has 0 aliphatic carbocycles. The van der Waals surface area contributed by atoms with Crippen molar-refractivity contribution in [3.63, 3.8) is 0 Å². The van der Waals surface area contributed by atoms with Crippen LogP contribution in [0.2, 0.25) is 0 Å². The first-order valence-electron chi connectivity index (χ1n) is 6.56. The van der Waals surface area contributed by atoms with Crippen LogP contribution in [0, 0.1) is 11.3 Å². The molecule has 1 aromatic heterocycles. The fraction of sp³-hybridized carbons (Fsp3) is 0.125. The van der Waals surface area contributed by atoms with E-state index in [0.29, 0.717) is 11.6 Å². The zero-order chi connectivity index (χ0) is 17.9. The maximum absolute atomic E-state index is 12.6. The molecule has 1 heterocycles. The Morgan fingerprint density at radius 2 is 2.04 bits per heavy atom. The summed E-state index contributed by atoms with van der Waals surface area (Å²) in [4.78, 5) is 13.6. The second-order valence-electron chi connectivity index (χ2n) is 4.71. The molecule has 0 unspecified atom stereocenters. The van der Waals surface area contributed by atoms with Gasteiger partial charge in [-0.15, -0.1) is 0 Å². The Balaban J connectivity index is 2.50. The number of benzene rings is 1. The lowest BCUT2D eigenvalue weighted by Gasteiger charge is -2.07. The summed E-state index contributed by atoms with van der Waals surface area (Å²) >= 11 is 0. The van der Waals surface area contributed by atoms with E-state index in [1.807, 2.05) is 0 Å². The minimum Gasteiger partial charge on any atom is -0.504 e. The number of hydrogen-bond acceptors (Lipinski definition) is 4. The number of nitrogens with one attached hydrogen (secondary N) is 1. The molecule has 24 heavy (non-hydrogen) atoms. The number of nitrogens with zero attached hydrogens (tertiary/aromatic N) is 1. The number of allylic oxidation sites excluding steroid dienone is 1. The maximum atomic E-state index is 12.6. The Labute approximate surface area is 134 Å². The summed E-state index contributed by atoms with van der Waals surface area (Å²) < 4.78 is 42.6. The van der Waals surface area contributed by atoms with Crippen molar-refractivity contribution in [3.8, 4) is 17.6 Å². The number of methoxy groups -OCH3 is 1. The molecular weight excluding hydrogens is 325 g/mol. The van der Waals surface area contributed by atoms with Crippen molar-refractivity contribution >= 4 is 11.6 Å². The third-order valence-corrected chi connectivity index (χ3v) is 3.14. The van der Waals surface area contributed by atoms with Gasteiger partial charge in [-0.1, -0.05) is 6.07 Å². The van der Waals surface area contributed by atoms with Crippen molar-refractivity contribution in [1.82, 2.24) is 4.98 Å². The maximum Gasteiger partial charge on any atom is 0.431 e. The smallest absolute Gasteiger partial charge is 0.431 e. The Morgan fingerprint density at radius 3 is 2.58 bits per heavy atom. The zero-order valence-electron chi connectivity index (χ0n) is 12.3. The number of aromatic amines is 1. The normalized spacial score (nSPS) is 11.9. The van der Waals surface area contributed by atoms with Crippen molar-refractivity contribution in [2.75, 3.05) is 7.11 Å². The van der Waals surface area contributed by atoms with Gasteiger partial charge in [0.25, 0.3) is 5.56 Å². The molecule has 0 saturated carbocycles. The molecule has 0 fully saturated rings. The van der Waals surface area contributed by atoms with Crippen LogP contribution in [0.3, 0.4) is 0 Å². The summed E-state index contributed by atoms with van der Waals surface area (Å²) in [5.74, 6) is 0.0444. The van der Waals surface area contributed by atoms with Crippen LogP contribution in [-0.2, 0) is 6.18 Å². The van der Waals surface area contributed by atoms with E-state index in [0.717, 1.165) is 6.07 Å². The lowest BCUT2D eigenvalue weighted by Crippen LogP contribution is -2.18. The topological polar surface area (TPSA) is 86.1 Å². The molecule has 2 N–H and O–H groups in total. The van der Waals surface area contributed by atoms with E-state index in [-0.39, 0.29) is 22.6 Å². The van der Waals surface area contributed by atoms with Gasteiger partial charge in [0.15, 0.2) is 11.5 Å². The van der Waals surface area contributed by atoms with Crippen molar-refractivity contribution in [1.29, 1.82) is 5.26 Å². The largest absolute Gasteiger partial charge is 0.504 e. The molecular formula is C16H11F3N2O3.